The normalized spacial score (nSPS) is 10.6. The second-order valence-electron chi connectivity index (χ2n) is 6.24. The van der Waals surface area contributed by atoms with Crippen molar-refractivity contribution < 1.29 is 14.3 Å². The van der Waals surface area contributed by atoms with Crippen molar-refractivity contribution in [1.29, 1.82) is 0 Å². The van der Waals surface area contributed by atoms with Crippen LogP contribution in [0.1, 0.15) is 33.0 Å². The molecule has 0 aliphatic heterocycles. The standard InChI is InChI=1S/C21H22N2O3/c1-14-8-9-19(20(11-14)25-4)26-21(24)18-12-15(2)23(16(18)3)13-17-7-5-6-10-22-17/h5-12H,13H2,1-4H3. The van der Waals surface area contributed by atoms with Gasteiger partial charge in [-0.15, -0.1) is 0 Å². The maximum Gasteiger partial charge on any atom is 0.345 e. The zero-order valence-electron chi connectivity index (χ0n) is 15.4. The Labute approximate surface area is 153 Å². The van der Waals surface area contributed by atoms with Gasteiger partial charge in [0.25, 0.3) is 0 Å². The molecule has 5 heteroatoms. The van der Waals surface area contributed by atoms with Gasteiger partial charge < -0.3 is 14.0 Å². The summed E-state index contributed by atoms with van der Waals surface area (Å²) in [4.78, 5) is 17.1. The molecule has 0 aliphatic rings. The number of hydrogen-bond acceptors (Lipinski definition) is 4. The van der Waals surface area contributed by atoms with Crippen molar-refractivity contribution in [2.45, 2.75) is 27.3 Å². The number of methoxy groups -OCH3 is 1. The van der Waals surface area contributed by atoms with Crippen molar-refractivity contribution >= 4 is 5.97 Å². The molecule has 0 unspecified atom stereocenters. The minimum Gasteiger partial charge on any atom is -0.493 e. The van der Waals surface area contributed by atoms with Crippen molar-refractivity contribution in [2.75, 3.05) is 7.11 Å². The van der Waals surface area contributed by atoms with Crippen molar-refractivity contribution in [3.8, 4) is 11.5 Å². The van der Waals surface area contributed by atoms with E-state index in [4.69, 9.17) is 9.47 Å². The molecule has 0 radical (unpaired) electrons. The first-order valence-electron chi connectivity index (χ1n) is 8.43. The first kappa shape index (κ1) is 17.7. The Balaban J connectivity index is 1.86. The summed E-state index contributed by atoms with van der Waals surface area (Å²) < 4.78 is 13.0. The van der Waals surface area contributed by atoms with Crippen molar-refractivity contribution in [3.63, 3.8) is 0 Å². The van der Waals surface area contributed by atoms with Gasteiger partial charge in [-0.05, 0) is 56.7 Å². The van der Waals surface area contributed by atoms with Gasteiger partial charge in [-0.25, -0.2) is 4.79 Å². The van der Waals surface area contributed by atoms with Crippen LogP contribution in [0.5, 0.6) is 11.5 Å². The molecule has 0 bridgehead atoms. The SMILES string of the molecule is COc1cc(C)ccc1OC(=O)c1cc(C)n(Cc2ccccn2)c1C. The van der Waals surface area contributed by atoms with E-state index in [1.165, 1.54) is 0 Å². The maximum absolute atomic E-state index is 12.7. The average Bonchev–Trinajstić information content (AvgIpc) is 2.92. The van der Waals surface area contributed by atoms with Crippen molar-refractivity contribution in [2.24, 2.45) is 0 Å². The molecule has 0 N–H and O–H groups in total. The van der Waals surface area contributed by atoms with E-state index in [-0.39, 0.29) is 0 Å². The van der Waals surface area contributed by atoms with E-state index in [1.807, 2.05) is 57.2 Å². The molecule has 3 aromatic rings. The molecule has 0 atom stereocenters. The summed E-state index contributed by atoms with van der Waals surface area (Å²) in [7, 11) is 1.56. The molecular weight excluding hydrogens is 328 g/mol. The zero-order chi connectivity index (χ0) is 18.7. The summed E-state index contributed by atoms with van der Waals surface area (Å²) in [5.74, 6) is 0.561. The number of aryl methyl sites for hydroxylation is 2. The lowest BCUT2D eigenvalue weighted by atomic mass is 10.2. The molecule has 0 saturated carbocycles. The zero-order valence-corrected chi connectivity index (χ0v) is 15.4. The van der Waals surface area contributed by atoms with Crippen LogP contribution in [0.2, 0.25) is 0 Å². The molecule has 0 saturated heterocycles. The van der Waals surface area contributed by atoms with Crippen LogP contribution in [0.3, 0.4) is 0 Å². The number of esters is 1. The third kappa shape index (κ3) is 3.61. The van der Waals surface area contributed by atoms with Crippen molar-refractivity contribution in [1.82, 2.24) is 9.55 Å². The third-order valence-electron chi connectivity index (χ3n) is 4.36. The lowest BCUT2D eigenvalue weighted by Gasteiger charge is -2.11. The molecular formula is C21H22N2O3. The topological polar surface area (TPSA) is 53.4 Å². The second-order valence-corrected chi connectivity index (χ2v) is 6.24. The quantitative estimate of drug-likeness (QED) is 0.514. The Bertz CT molecular complexity index is 930. The van der Waals surface area contributed by atoms with Gasteiger partial charge in [-0.3, -0.25) is 4.98 Å². The molecule has 0 aliphatic carbocycles. The van der Waals surface area contributed by atoms with Crippen molar-refractivity contribution in [3.05, 3.63) is 76.9 Å². The molecule has 0 fully saturated rings. The van der Waals surface area contributed by atoms with Crippen LogP contribution >= 0.6 is 0 Å². The number of ether oxygens (including phenoxy) is 2. The molecule has 2 heterocycles. The molecule has 0 amide bonds. The monoisotopic (exact) mass is 350 g/mol. The number of carbonyl (C=O) groups is 1. The fraction of sp³-hybridized carbons (Fsp3) is 0.238. The highest BCUT2D eigenvalue weighted by Crippen LogP contribution is 2.29. The Morgan fingerprint density at radius 2 is 1.88 bits per heavy atom. The lowest BCUT2D eigenvalue weighted by molar-refractivity contribution is 0.0729. The Morgan fingerprint density at radius 3 is 2.58 bits per heavy atom. The van der Waals surface area contributed by atoms with E-state index in [0.29, 0.717) is 23.6 Å². The Hall–Kier alpha value is -3.08. The molecule has 3 rings (SSSR count). The van der Waals surface area contributed by atoms with Crippen LogP contribution < -0.4 is 9.47 Å². The molecule has 0 spiro atoms. The molecule has 2 aromatic heterocycles. The van der Waals surface area contributed by atoms with E-state index in [1.54, 1.807) is 19.4 Å². The van der Waals surface area contributed by atoms with Gasteiger partial charge in [-0.1, -0.05) is 12.1 Å². The number of pyridine rings is 1. The summed E-state index contributed by atoms with van der Waals surface area (Å²) in [5.41, 5.74) is 4.35. The number of carbonyl (C=O) groups excluding carboxylic acids is 1. The average molecular weight is 350 g/mol. The molecule has 134 valence electrons. The highest BCUT2D eigenvalue weighted by molar-refractivity contribution is 5.93. The fourth-order valence-corrected chi connectivity index (χ4v) is 2.92. The number of rotatable bonds is 5. The fourth-order valence-electron chi connectivity index (χ4n) is 2.92. The number of hydrogen-bond donors (Lipinski definition) is 0. The van der Waals surface area contributed by atoms with Gasteiger partial charge in [0.15, 0.2) is 11.5 Å². The lowest BCUT2D eigenvalue weighted by Crippen LogP contribution is -2.12. The first-order valence-corrected chi connectivity index (χ1v) is 8.43. The molecule has 5 nitrogen and oxygen atoms in total. The summed E-state index contributed by atoms with van der Waals surface area (Å²) >= 11 is 0. The third-order valence-corrected chi connectivity index (χ3v) is 4.36. The van der Waals surface area contributed by atoms with Crippen LogP contribution in [-0.4, -0.2) is 22.6 Å². The smallest absolute Gasteiger partial charge is 0.345 e. The van der Waals surface area contributed by atoms with Gasteiger partial charge in [0.05, 0.1) is 24.9 Å². The van der Waals surface area contributed by atoms with Gasteiger partial charge in [0.2, 0.25) is 0 Å². The Morgan fingerprint density at radius 1 is 1.08 bits per heavy atom. The second kappa shape index (κ2) is 7.44. The summed E-state index contributed by atoms with van der Waals surface area (Å²) in [6.07, 6.45) is 1.77. The predicted molar refractivity (Wildman–Crippen MR) is 99.9 cm³/mol. The van der Waals surface area contributed by atoms with Crippen LogP contribution in [0.4, 0.5) is 0 Å². The van der Waals surface area contributed by atoms with Gasteiger partial charge in [-0.2, -0.15) is 0 Å². The van der Waals surface area contributed by atoms with Crippen LogP contribution in [0.15, 0.2) is 48.7 Å². The maximum atomic E-state index is 12.7. The number of benzene rings is 1. The number of nitrogens with zero attached hydrogens (tertiary/aromatic N) is 2. The summed E-state index contributed by atoms with van der Waals surface area (Å²) in [6, 6.07) is 13.1. The highest BCUT2D eigenvalue weighted by atomic mass is 16.6. The van der Waals surface area contributed by atoms with Gasteiger partial charge in [0.1, 0.15) is 0 Å². The summed E-state index contributed by atoms with van der Waals surface area (Å²) in [5, 5.41) is 0. The van der Waals surface area contributed by atoms with Crippen LogP contribution in [-0.2, 0) is 6.54 Å². The van der Waals surface area contributed by atoms with E-state index in [0.717, 1.165) is 22.6 Å². The molecule has 1 aromatic carbocycles. The van der Waals surface area contributed by atoms with Crippen LogP contribution in [0.25, 0.3) is 0 Å². The van der Waals surface area contributed by atoms with Crippen LogP contribution in [0, 0.1) is 20.8 Å². The van der Waals surface area contributed by atoms with E-state index in [9.17, 15) is 4.79 Å². The van der Waals surface area contributed by atoms with Gasteiger partial charge >= 0.3 is 5.97 Å². The van der Waals surface area contributed by atoms with E-state index < -0.39 is 5.97 Å². The highest BCUT2D eigenvalue weighted by Gasteiger charge is 2.19. The minimum absolute atomic E-state index is 0.396. The minimum atomic E-state index is -0.396. The number of aromatic nitrogens is 2. The largest absolute Gasteiger partial charge is 0.493 e. The van der Waals surface area contributed by atoms with E-state index in [2.05, 4.69) is 9.55 Å². The predicted octanol–water partition coefficient (Wildman–Crippen LogP) is 4.08. The molecule has 26 heavy (non-hydrogen) atoms. The van der Waals surface area contributed by atoms with E-state index >= 15 is 0 Å². The summed E-state index contributed by atoms with van der Waals surface area (Å²) in [6.45, 7) is 6.46. The Kier molecular flexibility index (Phi) is 5.07. The van der Waals surface area contributed by atoms with Gasteiger partial charge in [0, 0.05) is 17.6 Å². The first-order chi connectivity index (χ1) is 12.5.